The van der Waals surface area contributed by atoms with Crippen molar-refractivity contribution in [2.45, 2.75) is 19.5 Å². The number of nitrogens with zero attached hydrogens (tertiary/aromatic N) is 2. The van der Waals surface area contributed by atoms with Crippen molar-refractivity contribution in [1.82, 2.24) is 9.78 Å². The molecule has 0 aliphatic carbocycles. The van der Waals surface area contributed by atoms with E-state index in [1.54, 1.807) is 12.3 Å². The van der Waals surface area contributed by atoms with E-state index in [-0.39, 0.29) is 10.6 Å². The van der Waals surface area contributed by atoms with Gasteiger partial charge in [-0.3, -0.25) is 4.79 Å². The molecule has 0 amide bonds. The van der Waals surface area contributed by atoms with Crippen LogP contribution in [0.3, 0.4) is 0 Å². The topological polar surface area (TPSA) is 65.4 Å². The zero-order valence-electron chi connectivity index (χ0n) is 15.5. The fraction of sp³-hybridized carbons (Fsp3) is 0.238. The minimum Gasteiger partial charge on any atom is -0.489 e. The number of hydrogen-bond acceptors (Lipinski definition) is 5. The Morgan fingerprint density at radius 1 is 1.07 bits per heavy atom. The van der Waals surface area contributed by atoms with Crippen LogP contribution in [0.2, 0.25) is 10.0 Å². The molecule has 0 atom stereocenters. The summed E-state index contributed by atoms with van der Waals surface area (Å²) in [7, 11) is 0. The maximum absolute atomic E-state index is 12.6. The molecular weight excluding hydrogens is 413 g/mol. The van der Waals surface area contributed by atoms with Gasteiger partial charge in [0, 0.05) is 13.0 Å². The van der Waals surface area contributed by atoms with Crippen LogP contribution in [0.25, 0.3) is 0 Å². The molecule has 1 N–H and O–H groups in total. The molecule has 0 fully saturated rings. The number of benzene rings is 2. The fourth-order valence-electron chi connectivity index (χ4n) is 3.04. The van der Waals surface area contributed by atoms with Crippen molar-refractivity contribution in [1.29, 1.82) is 0 Å². The van der Waals surface area contributed by atoms with Crippen LogP contribution in [0, 0.1) is 0 Å². The van der Waals surface area contributed by atoms with Gasteiger partial charge in [-0.15, -0.1) is 0 Å². The quantitative estimate of drug-likeness (QED) is 0.649. The van der Waals surface area contributed by atoms with Gasteiger partial charge in [-0.1, -0.05) is 53.5 Å². The molecule has 1 aliphatic rings. The van der Waals surface area contributed by atoms with Crippen LogP contribution in [0.4, 0.5) is 5.69 Å². The first-order valence-electron chi connectivity index (χ1n) is 9.23. The molecular formula is C21H19Cl2N3O3. The lowest BCUT2D eigenvalue weighted by atomic mass is 10.2. The second-order valence-electron chi connectivity index (χ2n) is 6.63. The second kappa shape index (κ2) is 8.76. The molecule has 3 aromatic rings. The van der Waals surface area contributed by atoms with E-state index in [9.17, 15) is 4.79 Å². The van der Waals surface area contributed by atoms with Crippen molar-refractivity contribution < 1.29 is 9.47 Å². The SMILES string of the molecule is O=c1c(Cl)c(NCc2cc(Cl)c3c(c2)OCCCO3)cnn1Cc1ccccc1. The third kappa shape index (κ3) is 4.49. The molecule has 0 saturated carbocycles. The average molecular weight is 432 g/mol. The van der Waals surface area contributed by atoms with Crippen molar-refractivity contribution in [3.8, 4) is 11.5 Å². The standard InChI is InChI=1S/C21H19Cl2N3O3/c22-16-9-15(10-18-20(16)29-8-4-7-28-18)11-24-17-12-25-26(21(27)19(17)23)13-14-5-2-1-3-6-14/h1-3,5-6,9-10,12,24H,4,7-8,11,13H2. The number of nitrogens with one attached hydrogen (secondary N) is 1. The van der Waals surface area contributed by atoms with E-state index in [1.807, 2.05) is 36.4 Å². The molecule has 0 bridgehead atoms. The molecule has 2 heterocycles. The van der Waals surface area contributed by atoms with Crippen molar-refractivity contribution in [2.24, 2.45) is 0 Å². The van der Waals surface area contributed by atoms with Crippen LogP contribution in [-0.2, 0) is 13.1 Å². The Labute approximate surface area is 178 Å². The van der Waals surface area contributed by atoms with Gasteiger partial charge in [0.2, 0.25) is 0 Å². The van der Waals surface area contributed by atoms with Crippen molar-refractivity contribution >= 4 is 28.9 Å². The smallest absolute Gasteiger partial charge is 0.287 e. The van der Waals surface area contributed by atoms with E-state index >= 15 is 0 Å². The van der Waals surface area contributed by atoms with Gasteiger partial charge in [0.25, 0.3) is 5.56 Å². The van der Waals surface area contributed by atoms with Gasteiger partial charge in [-0.2, -0.15) is 5.10 Å². The van der Waals surface area contributed by atoms with E-state index in [0.29, 0.717) is 48.5 Å². The van der Waals surface area contributed by atoms with Gasteiger partial charge >= 0.3 is 0 Å². The van der Waals surface area contributed by atoms with Gasteiger partial charge < -0.3 is 14.8 Å². The maximum atomic E-state index is 12.6. The largest absolute Gasteiger partial charge is 0.489 e. The Hall–Kier alpha value is -2.70. The summed E-state index contributed by atoms with van der Waals surface area (Å²) in [5, 5.41) is 7.96. The Morgan fingerprint density at radius 2 is 1.86 bits per heavy atom. The van der Waals surface area contributed by atoms with Crippen molar-refractivity contribution in [3.05, 3.63) is 80.2 Å². The summed E-state index contributed by atoms with van der Waals surface area (Å²) < 4.78 is 12.7. The van der Waals surface area contributed by atoms with Crippen molar-refractivity contribution in [2.75, 3.05) is 18.5 Å². The van der Waals surface area contributed by atoms with Crippen LogP contribution in [0.15, 0.2) is 53.5 Å². The first-order chi connectivity index (χ1) is 14.1. The van der Waals surface area contributed by atoms with Crippen LogP contribution in [0.1, 0.15) is 17.5 Å². The number of rotatable bonds is 5. The number of halogens is 2. The molecule has 29 heavy (non-hydrogen) atoms. The van der Waals surface area contributed by atoms with E-state index in [1.165, 1.54) is 4.68 Å². The maximum Gasteiger partial charge on any atom is 0.287 e. The van der Waals surface area contributed by atoms with Gasteiger partial charge in [0.1, 0.15) is 5.02 Å². The molecule has 4 rings (SSSR count). The van der Waals surface area contributed by atoms with E-state index < -0.39 is 0 Å². The van der Waals surface area contributed by atoms with Crippen LogP contribution in [-0.4, -0.2) is 23.0 Å². The highest BCUT2D eigenvalue weighted by atomic mass is 35.5. The van der Waals surface area contributed by atoms with Crippen LogP contribution in [0.5, 0.6) is 11.5 Å². The van der Waals surface area contributed by atoms with Gasteiger partial charge in [0.05, 0.1) is 36.7 Å². The Morgan fingerprint density at radius 3 is 2.69 bits per heavy atom. The number of hydrogen-bond donors (Lipinski definition) is 1. The molecule has 8 heteroatoms. The lowest BCUT2D eigenvalue weighted by molar-refractivity contribution is 0.297. The number of anilines is 1. The monoisotopic (exact) mass is 431 g/mol. The fourth-order valence-corrected chi connectivity index (χ4v) is 3.54. The van der Waals surface area contributed by atoms with Gasteiger partial charge in [-0.25, -0.2) is 4.68 Å². The van der Waals surface area contributed by atoms with Crippen LogP contribution < -0.4 is 20.3 Å². The third-order valence-electron chi connectivity index (χ3n) is 4.50. The zero-order valence-corrected chi connectivity index (χ0v) is 17.0. The molecule has 0 saturated heterocycles. The zero-order chi connectivity index (χ0) is 20.2. The molecule has 1 aromatic heterocycles. The second-order valence-corrected chi connectivity index (χ2v) is 7.41. The molecule has 150 valence electrons. The van der Waals surface area contributed by atoms with Gasteiger partial charge in [-0.05, 0) is 23.3 Å². The molecule has 0 spiro atoms. The normalized spacial score (nSPS) is 13.0. The lowest BCUT2D eigenvalue weighted by Gasteiger charge is -2.13. The molecule has 1 aliphatic heterocycles. The highest BCUT2D eigenvalue weighted by Gasteiger charge is 2.16. The lowest BCUT2D eigenvalue weighted by Crippen LogP contribution is -2.24. The van der Waals surface area contributed by atoms with Crippen molar-refractivity contribution in [3.63, 3.8) is 0 Å². The minimum absolute atomic E-state index is 0.0939. The molecule has 6 nitrogen and oxygen atoms in total. The Bertz CT molecular complexity index is 1070. The summed E-state index contributed by atoms with van der Waals surface area (Å²) in [6.07, 6.45) is 2.36. The highest BCUT2D eigenvalue weighted by molar-refractivity contribution is 6.33. The van der Waals surface area contributed by atoms with Gasteiger partial charge in [0.15, 0.2) is 11.5 Å². The first kappa shape index (κ1) is 19.6. The number of aromatic nitrogens is 2. The predicted molar refractivity (Wildman–Crippen MR) is 113 cm³/mol. The average Bonchev–Trinajstić information content (AvgIpc) is 2.98. The summed E-state index contributed by atoms with van der Waals surface area (Å²) in [5.74, 6) is 1.19. The Balaban J connectivity index is 1.50. The summed E-state index contributed by atoms with van der Waals surface area (Å²) >= 11 is 12.6. The summed E-state index contributed by atoms with van der Waals surface area (Å²) in [6, 6.07) is 13.3. The summed E-state index contributed by atoms with van der Waals surface area (Å²) in [6.45, 7) is 1.91. The highest BCUT2D eigenvalue weighted by Crippen LogP contribution is 2.38. The molecule has 0 unspecified atom stereocenters. The first-order valence-corrected chi connectivity index (χ1v) is 9.99. The molecule has 2 aromatic carbocycles. The summed E-state index contributed by atoms with van der Waals surface area (Å²) in [4.78, 5) is 12.6. The van der Waals surface area contributed by atoms with E-state index in [4.69, 9.17) is 32.7 Å². The third-order valence-corrected chi connectivity index (χ3v) is 5.15. The predicted octanol–water partition coefficient (Wildman–Crippen LogP) is 4.37. The number of ether oxygens (including phenoxy) is 2. The Kier molecular flexibility index (Phi) is 5.92. The minimum atomic E-state index is -0.350. The van der Waals surface area contributed by atoms with E-state index in [0.717, 1.165) is 17.5 Å². The van der Waals surface area contributed by atoms with E-state index in [2.05, 4.69) is 10.4 Å². The summed E-state index contributed by atoms with van der Waals surface area (Å²) in [5.41, 5.74) is 1.96. The molecule has 0 radical (unpaired) electrons. The van der Waals surface area contributed by atoms with Crippen LogP contribution >= 0.6 is 23.2 Å². The number of fused-ring (bicyclic) bond motifs is 1.